The summed E-state index contributed by atoms with van der Waals surface area (Å²) in [7, 11) is 0. The minimum Gasteiger partial charge on any atom is -0.315 e. The molecule has 0 aromatic heterocycles. The third kappa shape index (κ3) is 5.26. The standard InChI is InChI=1S/C12H22N2/c1-12(2)6-3-4-9-14-10-5-7-13-8-11-14/h12-13H,5-11H2,1-2H3. The molecule has 0 bridgehead atoms. The van der Waals surface area contributed by atoms with E-state index in [1.54, 1.807) is 0 Å². The van der Waals surface area contributed by atoms with Crippen molar-refractivity contribution in [2.45, 2.75) is 26.7 Å². The van der Waals surface area contributed by atoms with Crippen molar-refractivity contribution >= 4 is 0 Å². The van der Waals surface area contributed by atoms with Gasteiger partial charge in [0.25, 0.3) is 0 Å². The van der Waals surface area contributed by atoms with Crippen molar-refractivity contribution in [2.24, 2.45) is 5.92 Å². The minimum atomic E-state index is 0.702. The molecular weight excluding hydrogens is 172 g/mol. The van der Waals surface area contributed by atoms with E-state index in [-0.39, 0.29) is 0 Å². The molecule has 80 valence electrons. The smallest absolute Gasteiger partial charge is 0.0602 e. The van der Waals surface area contributed by atoms with Crippen LogP contribution in [0.2, 0.25) is 0 Å². The lowest BCUT2D eigenvalue weighted by atomic mass is 10.1. The van der Waals surface area contributed by atoms with Crippen molar-refractivity contribution in [1.29, 1.82) is 0 Å². The van der Waals surface area contributed by atoms with E-state index in [1.165, 1.54) is 13.0 Å². The fourth-order valence-corrected chi connectivity index (χ4v) is 1.50. The van der Waals surface area contributed by atoms with Crippen molar-refractivity contribution < 1.29 is 0 Å². The van der Waals surface area contributed by atoms with Crippen LogP contribution in [0.15, 0.2) is 0 Å². The van der Waals surface area contributed by atoms with Crippen molar-refractivity contribution in [3.8, 4) is 11.8 Å². The molecule has 2 heteroatoms. The van der Waals surface area contributed by atoms with E-state index in [4.69, 9.17) is 0 Å². The lowest BCUT2D eigenvalue weighted by Gasteiger charge is -2.15. The first kappa shape index (κ1) is 11.6. The van der Waals surface area contributed by atoms with Gasteiger partial charge in [-0.05, 0) is 18.9 Å². The lowest BCUT2D eigenvalue weighted by molar-refractivity contribution is 0.329. The molecule has 1 aliphatic heterocycles. The van der Waals surface area contributed by atoms with Crippen LogP contribution in [0.25, 0.3) is 0 Å². The maximum absolute atomic E-state index is 3.40. The van der Waals surface area contributed by atoms with Gasteiger partial charge < -0.3 is 5.32 Å². The molecule has 1 fully saturated rings. The van der Waals surface area contributed by atoms with Crippen LogP contribution < -0.4 is 5.32 Å². The number of hydrogen-bond donors (Lipinski definition) is 1. The third-order valence-electron chi connectivity index (χ3n) is 2.37. The summed E-state index contributed by atoms with van der Waals surface area (Å²) in [4.78, 5) is 2.44. The van der Waals surface area contributed by atoms with Gasteiger partial charge in [0.15, 0.2) is 0 Å². The van der Waals surface area contributed by atoms with Gasteiger partial charge in [-0.25, -0.2) is 0 Å². The van der Waals surface area contributed by atoms with Crippen molar-refractivity contribution in [3.63, 3.8) is 0 Å². The van der Waals surface area contributed by atoms with Crippen LogP contribution in [-0.4, -0.2) is 37.6 Å². The summed E-state index contributed by atoms with van der Waals surface area (Å²) in [6.07, 6.45) is 2.29. The maximum atomic E-state index is 3.40. The monoisotopic (exact) mass is 194 g/mol. The van der Waals surface area contributed by atoms with Crippen molar-refractivity contribution in [1.82, 2.24) is 10.2 Å². The van der Waals surface area contributed by atoms with Crippen LogP contribution >= 0.6 is 0 Å². The summed E-state index contributed by atoms with van der Waals surface area (Å²) >= 11 is 0. The number of rotatable bonds is 2. The van der Waals surface area contributed by atoms with Crippen LogP contribution in [0.4, 0.5) is 0 Å². The summed E-state index contributed by atoms with van der Waals surface area (Å²) in [6, 6.07) is 0. The average molecular weight is 194 g/mol. The summed E-state index contributed by atoms with van der Waals surface area (Å²) in [5.74, 6) is 7.20. The molecule has 0 saturated carbocycles. The van der Waals surface area contributed by atoms with Crippen LogP contribution in [0.1, 0.15) is 26.7 Å². The second kappa shape index (κ2) is 6.86. The normalized spacial score (nSPS) is 18.8. The van der Waals surface area contributed by atoms with E-state index in [2.05, 4.69) is 35.9 Å². The van der Waals surface area contributed by atoms with Gasteiger partial charge in [-0.15, -0.1) is 5.92 Å². The molecule has 0 spiro atoms. The first-order valence-electron chi connectivity index (χ1n) is 5.68. The Balaban J connectivity index is 2.17. The molecular formula is C12H22N2. The van der Waals surface area contributed by atoms with Gasteiger partial charge >= 0.3 is 0 Å². The van der Waals surface area contributed by atoms with Crippen molar-refractivity contribution in [3.05, 3.63) is 0 Å². The highest BCUT2D eigenvalue weighted by Gasteiger charge is 2.05. The zero-order valence-corrected chi connectivity index (χ0v) is 9.47. The molecule has 0 aliphatic carbocycles. The Kier molecular flexibility index (Phi) is 5.66. The molecule has 0 amide bonds. The van der Waals surface area contributed by atoms with E-state index in [0.717, 1.165) is 32.6 Å². The van der Waals surface area contributed by atoms with E-state index in [0.29, 0.717) is 5.92 Å². The Morgan fingerprint density at radius 2 is 2.07 bits per heavy atom. The largest absolute Gasteiger partial charge is 0.315 e. The quantitative estimate of drug-likeness (QED) is 0.667. The minimum absolute atomic E-state index is 0.702. The highest BCUT2D eigenvalue weighted by Crippen LogP contribution is 1.97. The highest BCUT2D eigenvalue weighted by molar-refractivity contribution is 5.01. The molecule has 1 N–H and O–H groups in total. The Morgan fingerprint density at radius 1 is 1.21 bits per heavy atom. The zero-order chi connectivity index (χ0) is 10.2. The Bertz CT molecular complexity index is 192. The fraction of sp³-hybridized carbons (Fsp3) is 0.833. The van der Waals surface area contributed by atoms with Crippen molar-refractivity contribution in [2.75, 3.05) is 32.7 Å². The summed E-state index contributed by atoms with van der Waals surface area (Å²) in [6.45, 7) is 10.0. The Hall–Kier alpha value is -0.520. The molecule has 0 atom stereocenters. The number of nitrogens with one attached hydrogen (secondary N) is 1. The fourth-order valence-electron chi connectivity index (χ4n) is 1.50. The molecule has 0 aromatic carbocycles. The van der Waals surface area contributed by atoms with E-state index >= 15 is 0 Å². The molecule has 0 radical (unpaired) electrons. The number of hydrogen-bond acceptors (Lipinski definition) is 2. The molecule has 0 aromatic rings. The second-order valence-corrected chi connectivity index (χ2v) is 4.33. The van der Waals surface area contributed by atoms with E-state index < -0.39 is 0 Å². The molecule has 1 saturated heterocycles. The van der Waals surface area contributed by atoms with Gasteiger partial charge in [0.2, 0.25) is 0 Å². The van der Waals surface area contributed by atoms with E-state index in [1.807, 2.05) is 0 Å². The summed E-state index contributed by atoms with van der Waals surface area (Å²) in [5, 5.41) is 3.40. The second-order valence-electron chi connectivity index (χ2n) is 4.33. The first-order chi connectivity index (χ1) is 6.79. The predicted molar refractivity (Wildman–Crippen MR) is 61.2 cm³/mol. The molecule has 1 rings (SSSR count). The van der Waals surface area contributed by atoms with Gasteiger partial charge in [-0.1, -0.05) is 19.8 Å². The van der Waals surface area contributed by atoms with Crippen LogP contribution in [-0.2, 0) is 0 Å². The molecule has 0 unspecified atom stereocenters. The van der Waals surface area contributed by atoms with E-state index in [9.17, 15) is 0 Å². The lowest BCUT2D eigenvalue weighted by Crippen LogP contribution is -2.28. The first-order valence-corrected chi connectivity index (χ1v) is 5.68. The SMILES string of the molecule is CC(C)CC#CCN1CCCNCC1. The maximum Gasteiger partial charge on any atom is 0.0602 e. The van der Waals surface area contributed by atoms with Gasteiger partial charge in [-0.2, -0.15) is 0 Å². The average Bonchev–Trinajstić information content (AvgIpc) is 2.40. The molecule has 14 heavy (non-hydrogen) atoms. The van der Waals surface area contributed by atoms with Crippen LogP contribution in [0.5, 0.6) is 0 Å². The highest BCUT2D eigenvalue weighted by atomic mass is 15.1. The predicted octanol–water partition coefficient (Wildman–Crippen LogP) is 1.33. The molecule has 1 heterocycles. The van der Waals surface area contributed by atoms with Gasteiger partial charge in [0.05, 0.1) is 6.54 Å². The van der Waals surface area contributed by atoms with Gasteiger partial charge in [0.1, 0.15) is 0 Å². The van der Waals surface area contributed by atoms with Crippen LogP contribution in [0.3, 0.4) is 0 Å². The van der Waals surface area contributed by atoms with Gasteiger partial charge in [0, 0.05) is 26.1 Å². The van der Waals surface area contributed by atoms with Crippen LogP contribution in [0, 0.1) is 17.8 Å². The summed E-state index contributed by atoms with van der Waals surface area (Å²) in [5.41, 5.74) is 0. The zero-order valence-electron chi connectivity index (χ0n) is 9.47. The van der Waals surface area contributed by atoms with Gasteiger partial charge in [-0.3, -0.25) is 4.90 Å². The Labute approximate surface area is 88.1 Å². The molecule has 1 aliphatic rings. The molecule has 2 nitrogen and oxygen atoms in total. The topological polar surface area (TPSA) is 15.3 Å². The third-order valence-corrected chi connectivity index (χ3v) is 2.37. The Morgan fingerprint density at radius 3 is 2.86 bits per heavy atom. The summed E-state index contributed by atoms with van der Waals surface area (Å²) < 4.78 is 0. The number of nitrogens with zero attached hydrogens (tertiary/aromatic N) is 1.